The van der Waals surface area contributed by atoms with Gasteiger partial charge in [0.25, 0.3) is 0 Å². The summed E-state index contributed by atoms with van der Waals surface area (Å²) in [4.78, 5) is 0. The Morgan fingerprint density at radius 1 is 0.238 bits per heavy atom. The van der Waals surface area contributed by atoms with Gasteiger partial charge in [-0.3, -0.25) is 0 Å². The van der Waals surface area contributed by atoms with E-state index < -0.39 is 32.3 Å². The summed E-state index contributed by atoms with van der Waals surface area (Å²) in [5, 5.41) is 22.9. The number of hydrogen-bond donors (Lipinski definition) is 0. The Labute approximate surface area is 496 Å². The molecule has 0 unspecified atom stereocenters. The fourth-order valence-corrected chi connectivity index (χ4v) is 38.0. The molecule has 84 heavy (non-hydrogen) atoms. The molecule has 15 rings (SSSR count). The van der Waals surface area contributed by atoms with E-state index in [2.05, 4.69) is 352 Å². The van der Waals surface area contributed by atoms with Crippen LogP contribution in [0.4, 0.5) is 0 Å². The first-order valence-electron chi connectivity index (χ1n) is 29.4. The van der Waals surface area contributed by atoms with Crippen LogP contribution in [-0.4, -0.2) is 32.3 Å². The molecule has 1 aliphatic rings. The van der Waals surface area contributed by atoms with Crippen LogP contribution >= 0.6 is 0 Å². The molecule has 14 aromatic rings. The first kappa shape index (κ1) is 51.4. The molecule has 0 spiro atoms. The van der Waals surface area contributed by atoms with E-state index in [0.717, 1.165) is 28.0 Å². The molecule has 0 atom stereocenters. The van der Waals surface area contributed by atoms with Crippen molar-refractivity contribution in [2.45, 2.75) is 6.04 Å². The molecule has 13 aromatic carbocycles. The Morgan fingerprint density at radius 3 is 0.833 bits per heavy atom. The topological polar surface area (TPSA) is 13.1 Å². The standard InChI is InChI=1S/C79H60OSi4/c1-10-34-61(35-11-1)81(62-36-12-2-13-37-62,63-38-14-3-15-39-63)59-60-33-32-52-70-71-57-77-78(58-72(71)80-79(60)70)84(68-48-24-8-25-49-68,69-50-26-9-27-51-69)76-56-31-29-54-74(76)82(64-40-16-4-17-41-64,65-42-18-5-19-43-65)73-53-28-30-55-75(73)83(77,66-44-20-6-21-45-66)67-46-22-7-23-47-67/h1-58H,59H2. The maximum Gasteiger partial charge on any atom is 0.179 e. The van der Waals surface area contributed by atoms with Gasteiger partial charge in [-0.1, -0.05) is 346 Å². The summed E-state index contributed by atoms with van der Waals surface area (Å²) in [6.45, 7) is 0. The summed E-state index contributed by atoms with van der Waals surface area (Å²) in [6, 6.07) is 137. The van der Waals surface area contributed by atoms with Crippen LogP contribution < -0.4 is 77.8 Å². The second kappa shape index (κ2) is 21.4. The number of hydrogen-bond acceptors (Lipinski definition) is 1. The molecule has 0 N–H and O–H groups in total. The molecule has 0 fully saturated rings. The lowest BCUT2D eigenvalue weighted by Gasteiger charge is -2.41. The van der Waals surface area contributed by atoms with Crippen molar-refractivity contribution >= 4 is 132 Å². The summed E-state index contributed by atoms with van der Waals surface area (Å²) in [6.07, 6.45) is 0. The summed E-state index contributed by atoms with van der Waals surface area (Å²) < 4.78 is 7.86. The van der Waals surface area contributed by atoms with Gasteiger partial charge >= 0.3 is 0 Å². The molecule has 0 radical (unpaired) electrons. The smallest absolute Gasteiger partial charge is 0.179 e. The van der Waals surface area contributed by atoms with E-state index in [9.17, 15) is 0 Å². The Morgan fingerprint density at radius 2 is 0.512 bits per heavy atom. The largest absolute Gasteiger partial charge is 0.456 e. The minimum absolute atomic E-state index is 0.813. The fraction of sp³-hybridized carbons (Fsp3) is 0.0127. The van der Waals surface area contributed by atoms with Crippen molar-refractivity contribution in [1.29, 1.82) is 0 Å². The zero-order valence-corrected chi connectivity index (χ0v) is 50.6. The minimum atomic E-state index is -3.57. The van der Waals surface area contributed by atoms with Gasteiger partial charge in [0.1, 0.15) is 11.2 Å². The van der Waals surface area contributed by atoms with Gasteiger partial charge in [0.15, 0.2) is 32.3 Å². The van der Waals surface area contributed by atoms with Crippen LogP contribution in [0.25, 0.3) is 21.9 Å². The van der Waals surface area contributed by atoms with Crippen LogP contribution in [0.1, 0.15) is 5.56 Å². The third-order valence-electron chi connectivity index (χ3n) is 18.5. The molecule has 0 amide bonds. The quantitative estimate of drug-likeness (QED) is 0.0940. The van der Waals surface area contributed by atoms with Gasteiger partial charge in [-0.2, -0.15) is 0 Å². The average molecular weight is 1140 g/mol. The second-order valence-corrected chi connectivity index (χ2v) is 37.6. The Hall–Kier alpha value is -9.47. The molecular formula is C79H60OSi4. The van der Waals surface area contributed by atoms with E-state index in [4.69, 9.17) is 4.42 Å². The van der Waals surface area contributed by atoms with E-state index >= 15 is 0 Å². The Bertz CT molecular complexity index is 4390. The lowest BCUT2D eigenvalue weighted by atomic mass is 10.1. The van der Waals surface area contributed by atoms with Gasteiger partial charge in [-0.25, -0.2) is 0 Å². The average Bonchev–Trinajstić information content (AvgIpc) is 1.55. The molecule has 0 saturated carbocycles. The third kappa shape index (κ3) is 7.84. The Kier molecular flexibility index (Phi) is 13.1. The van der Waals surface area contributed by atoms with Crippen LogP contribution in [-0.2, 0) is 6.04 Å². The highest BCUT2D eigenvalue weighted by Gasteiger charge is 2.57. The summed E-state index contributed by atoms with van der Waals surface area (Å²) in [7, 11) is -13.3. The molecule has 398 valence electrons. The maximum absolute atomic E-state index is 7.86. The minimum Gasteiger partial charge on any atom is -0.456 e. The van der Waals surface area contributed by atoms with Crippen molar-refractivity contribution in [2.24, 2.45) is 0 Å². The van der Waals surface area contributed by atoms with Gasteiger partial charge in [0.2, 0.25) is 0 Å². The van der Waals surface area contributed by atoms with Crippen molar-refractivity contribution in [3.63, 3.8) is 0 Å². The van der Waals surface area contributed by atoms with Crippen molar-refractivity contribution in [2.75, 3.05) is 0 Å². The molecule has 5 heteroatoms. The van der Waals surface area contributed by atoms with Crippen molar-refractivity contribution < 1.29 is 4.42 Å². The van der Waals surface area contributed by atoms with Gasteiger partial charge in [-0.05, 0) is 95.5 Å². The van der Waals surface area contributed by atoms with E-state index in [1.807, 2.05) is 0 Å². The predicted octanol–water partition coefficient (Wildman–Crippen LogP) is 8.28. The first-order valence-corrected chi connectivity index (χ1v) is 37.6. The van der Waals surface area contributed by atoms with E-state index in [0.29, 0.717) is 0 Å². The zero-order chi connectivity index (χ0) is 56.0. The molecular weight excluding hydrogens is 1080 g/mol. The van der Waals surface area contributed by atoms with Crippen LogP contribution in [0.5, 0.6) is 0 Å². The fourth-order valence-electron chi connectivity index (χ4n) is 15.1. The van der Waals surface area contributed by atoms with E-state index in [1.54, 1.807) is 0 Å². The predicted molar refractivity (Wildman–Crippen MR) is 366 cm³/mol. The number of para-hydroxylation sites is 1. The molecule has 2 heterocycles. The molecule has 0 saturated heterocycles. The van der Waals surface area contributed by atoms with E-state index in [-0.39, 0.29) is 0 Å². The monoisotopic (exact) mass is 1140 g/mol. The van der Waals surface area contributed by atoms with Gasteiger partial charge in [-0.15, -0.1) is 0 Å². The number of furan rings is 1. The molecule has 1 nitrogen and oxygen atoms in total. The first-order chi connectivity index (χ1) is 41.7. The van der Waals surface area contributed by atoms with Gasteiger partial charge in [0, 0.05) is 10.8 Å². The van der Waals surface area contributed by atoms with E-state index in [1.165, 1.54) is 83.4 Å². The van der Waals surface area contributed by atoms with Crippen molar-refractivity contribution in [3.05, 3.63) is 357 Å². The second-order valence-electron chi connectivity index (χ2n) is 22.5. The van der Waals surface area contributed by atoms with Gasteiger partial charge in [0.05, 0.1) is 0 Å². The Balaban J connectivity index is 1.17. The van der Waals surface area contributed by atoms with Crippen LogP contribution in [0, 0.1) is 0 Å². The summed E-state index contributed by atoms with van der Waals surface area (Å²) in [5.74, 6) is 0. The highest BCUT2D eigenvalue weighted by molar-refractivity contribution is 7.33. The highest BCUT2D eigenvalue weighted by atomic mass is 28.3. The molecule has 1 aromatic heterocycles. The molecule has 0 aliphatic carbocycles. The molecule has 0 bridgehead atoms. The summed E-state index contributed by atoms with van der Waals surface area (Å²) >= 11 is 0. The SMILES string of the molecule is c1ccc([Si](Cc2cccc3c2oc2cc4c(cc23)[Si](c2ccccc2)(c2ccccc2)c2ccccc2[Si](c2ccccc2)(c2ccccc2)c2ccccc2[Si]4(c2ccccc2)c2ccccc2)(c2ccccc2)c2ccccc2)cc1. The van der Waals surface area contributed by atoms with Gasteiger partial charge < -0.3 is 4.42 Å². The highest BCUT2D eigenvalue weighted by Crippen LogP contribution is 2.34. The normalized spacial score (nSPS) is 14.0. The summed E-state index contributed by atoms with van der Waals surface area (Å²) in [5.41, 5.74) is 3.09. The third-order valence-corrected chi connectivity index (χ3v) is 38.7. The van der Waals surface area contributed by atoms with Crippen molar-refractivity contribution in [3.8, 4) is 0 Å². The van der Waals surface area contributed by atoms with Crippen molar-refractivity contribution in [1.82, 2.24) is 0 Å². The number of fused-ring (bicyclic) bond motifs is 6. The van der Waals surface area contributed by atoms with Crippen LogP contribution in [0.2, 0.25) is 0 Å². The maximum atomic E-state index is 7.86. The van der Waals surface area contributed by atoms with Crippen LogP contribution in [0.15, 0.2) is 356 Å². The molecule has 1 aliphatic heterocycles. The zero-order valence-electron chi connectivity index (χ0n) is 46.6. The number of benzene rings is 13. The lowest BCUT2D eigenvalue weighted by Crippen LogP contribution is -2.85. The van der Waals surface area contributed by atoms with Crippen LogP contribution in [0.3, 0.4) is 0 Å². The number of rotatable bonds is 11. The lowest BCUT2D eigenvalue weighted by molar-refractivity contribution is 0.665.